The molecule has 2 atom stereocenters. The average molecular weight is 529 g/mol. The van der Waals surface area contributed by atoms with Crippen LogP contribution in [-0.2, 0) is 6.54 Å². The predicted molar refractivity (Wildman–Crippen MR) is 152 cm³/mol. The van der Waals surface area contributed by atoms with Gasteiger partial charge in [-0.25, -0.2) is 4.39 Å². The number of benzene rings is 3. The Bertz CT molecular complexity index is 1280. The summed E-state index contributed by atoms with van der Waals surface area (Å²) in [6, 6.07) is 22.9. The molecule has 2 aliphatic heterocycles. The Morgan fingerprint density at radius 1 is 0.897 bits per heavy atom. The molecule has 3 aromatic carbocycles. The van der Waals surface area contributed by atoms with Gasteiger partial charge in [-0.15, -0.1) is 0 Å². The normalized spacial score (nSPS) is 20.5. The van der Waals surface area contributed by atoms with E-state index < -0.39 is 0 Å². The van der Waals surface area contributed by atoms with Gasteiger partial charge in [0.1, 0.15) is 5.82 Å². The number of carbonyl (C=O) groups is 2. The third-order valence-electron chi connectivity index (χ3n) is 7.69. The van der Waals surface area contributed by atoms with Crippen molar-refractivity contribution < 1.29 is 14.0 Å². The number of piperidine rings is 1. The molecule has 3 aromatic rings. The van der Waals surface area contributed by atoms with Gasteiger partial charge in [0, 0.05) is 62.0 Å². The van der Waals surface area contributed by atoms with Crippen molar-refractivity contribution in [3.05, 3.63) is 95.3 Å². The Kier molecular flexibility index (Phi) is 8.38. The van der Waals surface area contributed by atoms with Gasteiger partial charge in [-0.05, 0) is 73.7 Å². The van der Waals surface area contributed by atoms with E-state index in [1.54, 1.807) is 0 Å². The molecular weight excluding hydrogens is 491 g/mol. The van der Waals surface area contributed by atoms with E-state index in [2.05, 4.69) is 53.6 Å². The number of carbonyl (C=O) groups excluding carboxylic acids is 2. The fourth-order valence-electron chi connectivity index (χ4n) is 5.81. The van der Waals surface area contributed by atoms with E-state index in [4.69, 9.17) is 0 Å². The lowest BCUT2D eigenvalue weighted by Crippen LogP contribution is -2.53. The zero-order chi connectivity index (χ0) is 27.4. The fourth-order valence-corrected chi connectivity index (χ4v) is 5.81. The lowest BCUT2D eigenvalue weighted by atomic mass is 9.96. The van der Waals surface area contributed by atoms with Crippen LogP contribution in [0.25, 0.3) is 11.1 Å². The summed E-state index contributed by atoms with van der Waals surface area (Å²) in [5.74, 6) is -0.564. The topological polar surface area (TPSA) is 64.7 Å². The van der Waals surface area contributed by atoms with Crippen LogP contribution in [0, 0.1) is 5.82 Å². The highest BCUT2D eigenvalue weighted by atomic mass is 19.1. The number of amides is 2. The molecular formula is C32H37FN4O2. The van der Waals surface area contributed by atoms with Crippen LogP contribution in [-0.4, -0.2) is 65.9 Å². The Balaban J connectivity index is 1.20. The van der Waals surface area contributed by atoms with Crippen molar-refractivity contribution >= 4 is 11.8 Å². The van der Waals surface area contributed by atoms with Gasteiger partial charge in [-0.3, -0.25) is 14.5 Å². The highest BCUT2D eigenvalue weighted by Gasteiger charge is 2.26. The molecule has 0 unspecified atom stereocenters. The smallest absolute Gasteiger partial charge is 0.254 e. The Morgan fingerprint density at radius 3 is 2.21 bits per heavy atom. The van der Waals surface area contributed by atoms with Gasteiger partial charge < -0.3 is 15.5 Å². The SMILES string of the molecule is C[C@@H]1CN(Cc2ccc(-c3ccccc3C(=O)N3CCC(NC(=O)c4ccc(F)cc4)CC3)cc2)C[C@H](C)N1. The van der Waals surface area contributed by atoms with Crippen LogP contribution in [0.4, 0.5) is 4.39 Å². The molecule has 2 heterocycles. The van der Waals surface area contributed by atoms with Crippen molar-refractivity contribution in [2.75, 3.05) is 26.2 Å². The Hall–Kier alpha value is -3.55. The monoisotopic (exact) mass is 528 g/mol. The quantitative estimate of drug-likeness (QED) is 0.487. The van der Waals surface area contributed by atoms with Crippen LogP contribution in [0.15, 0.2) is 72.8 Å². The molecule has 2 saturated heterocycles. The van der Waals surface area contributed by atoms with E-state index in [1.807, 2.05) is 29.2 Å². The maximum absolute atomic E-state index is 13.6. The molecule has 0 radical (unpaired) electrons. The van der Waals surface area contributed by atoms with E-state index in [1.165, 1.54) is 29.8 Å². The molecule has 0 aromatic heterocycles. The van der Waals surface area contributed by atoms with Crippen LogP contribution in [0.2, 0.25) is 0 Å². The van der Waals surface area contributed by atoms with Crippen LogP contribution < -0.4 is 10.6 Å². The molecule has 39 heavy (non-hydrogen) atoms. The number of likely N-dealkylation sites (tertiary alicyclic amines) is 1. The molecule has 2 fully saturated rings. The summed E-state index contributed by atoms with van der Waals surface area (Å²) in [7, 11) is 0. The molecule has 5 rings (SSSR count). The van der Waals surface area contributed by atoms with Crippen LogP contribution in [0.5, 0.6) is 0 Å². The molecule has 2 aliphatic rings. The summed E-state index contributed by atoms with van der Waals surface area (Å²) < 4.78 is 13.2. The van der Waals surface area contributed by atoms with E-state index in [-0.39, 0.29) is 23.7 Å². The number of halogens is 1. The first-order chi connectivity index (χ1) is 18.9. The second-order valence-electron chi connectivity index (χ2n) is 11.0. The van der Waals surface area contributed by atoms with Crippen LogP contribution in [0.1, 0.15) is 53.0 Å². The predicted octanol–water partition coefficient (Wildman–Crippen LogP) is 4.71. The first-order valence-electron chi connectivity index (χ1n) is 13.9. The number of rotatable bonds is 6. The lowest BCUT2D eigenvalue weighted by molar-refractivity contribution is 0.0699. The van der Waals surface area contributed by atoms with Gasteiger partial charge in [0.2, 0.25) is 0 Å². The van der Waals surface area contributed by atoms with E-state index in [0.717, 1.165) is 30.8 Å². The summed E-state index contributed by atoms with van der Waals surface area (Å²) in [6.45, 7) is 8.60. The molecule has 0 aliphatic carbocycles. The maximum Gasteiger partial charge on any atom is 0.254 e. The molecule has 0 saturated carbocycles. The van der Waals surface area contributed by atoms with E-state index in [9.17, 15) is 14.0 Å². The number of piperazine rings is 1. The van der Waals surface area contributed by atoms with Gasteiger partial charge in [0.15, 0.2) is 0 Å². The third-order valence-corrected chi connectivity index (χ3v) is 7.69. The Morgan fingerprint density at radius 2 is 1.54 bits per heavy atom. The molecule has 0 bridgehead atoms. The first kappa shape index (κ1) is 27.0. The summed E-state index contributed by atoms with van der Waals surface area (Å²) >= 11 is 0. The minimum Gasteiger partial charge on any atom is -0.349 e. The van der Waals surface area contributed by atoms with Gasteiger partial charge in [0.25, 0.3) is 11.8 Å². The van der Waals surface area contributed by atoms with Crippen molar-refractivity contribution in [1.82, 2.24) is 20.4 Å². The number of nitrogens with one attached hydrogen (secondary N) is 2. The van der Waals surface area contributed by atoms with Crippen molar-refractivity contribution in [2.45, 2.75) is 51.4 Å². The molecule has 2 amide bonds. The molecule has 2 N–H and O–H groups in total. The number of hydrogen-bond acceptors (Lipinski definition) is 4. The second-order valence-corrected chi connectivity index (χ2v) is 11.0. The molecule has 204 valence electrons. The van der Waals surface area contributed by atoms with Crippen molar-refractivity contribution in [1.29, 1.82) is 0 Å². The highest BCUT2D eigenvalue weighted by molar-refractivity contribution is 6.01. The summed E-state index contributed by atoms with van der Waals surface area (Å²) in [4.78, 5) is 30.4. The lowest BCUT2D eigenvalue weighted by Gasteiger charge is -2.36. The average Bonchev–Trinajstić information content (AvgIpc) is 2.93. The van der Waals surface area contributed by atoms with E-state index >= 15 is 0 Å². The zero-order valence-corrected chi connectivity index (χ0v) is 22.7. The van der Waals surface area contributed by atoms with Gasteiger partial charge in [0.05, 0.1) is 0 Å². The first-order valence-corrected chi connectivity index (χ1v) is 13.9. The second kappa shape index (κ2) is 12.1. The zero-order valence-electron chi connectivity index (χ0n) is 22.7. The standard InChI is InChI=1S/C32H37FN4O2/c1-22-19-36(20-23(2)34-22)21-24-7-9-25(10-8-24)29-5-3-4-6-30(29)32(39)37-17-15-28(16-18-37)35-31(38)26-11-13-27(33)14-12-26/h3-14,22-23,28,34H,15-21H2,1-2H3,(H,35,38)/t22-,23+. The van der Waals surface area contributed by atoms with Crippen molar-refractivity contribution in [3.63, 3.8) is 0 Å². The summed E-state index contributed by atoms with van der Waals surface area (Å²) in [6.07, 6.45) is 1.36. The van der Waals surface area contributed by atoms with Crippen LogP contribution in [0.3, 0.4) is 0 Å². The largest absolute Gasteiger partial charge is 0.349 e. The molecule has 7 heteroatoms. The third kappa shape index (κ3) is 6.72. The highest BCUT2D eigenvalue weighted by Crippen LogP contribution is 2.27. The fraction of sp³-hybridized carbons (Fsp3) is 0.375. The summed E-state index contributed by atoms with van der Waals surface area (Å²) in [5, 5.41) is 6.60. The van der Waals surface area contributed by atoms with Crippen molar-refractivity contribution in [2.24, 2.45) is 0 Å². The minimum atomic E-state index is -0.367. The van der Waals surface area contributed by atoms with Gasteiger partial charge in [-0.2, -0.15) is 0 Å². The van der Waals surface area contributed by atoms with Crippen molar-refractivity contribution in [3.8, 4) is 11.1 Å². The maximum atomic E-state index is 13.6. The van der Waals surface area contributed by atoms with Crippen LogP contribution >= 0.6 is 0 Å². The number of hydrogen-bond donors (Lipinski definition) is 2. The summed E-state index contributed by atoms with van der Waals surface area (Å²) in [5.41, 5.74) is 4.38. The van der Waals surface area contributed by atoms with E-state index in [0.29, 0.717) is 49.1 Å². The molecule has 6 nitrogen and oxygen atoms in total. The Labute approximate surface area is 230 Å². The van der Waals surface area contributed by atoms with Gasteiger partial charge in [-0.1, -0.05) is 42.5 Å². The van der Waals surface area contributed by atoms with Gasteiger partial charge >= 0.3 is 0 Å². The molecule has 0 spiro atoms. The number of nitrogens with zero attached hydrogens (tertiary/aromatic N) is 2. The minimum absolute atomic E-state index is 0.0155.